The highest BCUT2D eigenvalue weighted by molar-refractivity contribution is 5.83. The zero-order chi connectivity index (χ0) is 16.4. The highest BCUT2D eigenvalue weighted by atomic mass is 16.5. The summed E-state index contributed by atoms with van der Waals surface area (Å²) in [6.07, 6.45) is 6.79. The molecule has 1 aromatic rings. The summed E-state index contributed by atoms with van der Waals surface area (Å²) in [7, 11) is 3.01. The topological polar surface area (TPSA) is 59.3 Å². The van der Waals surface area contributed by atoms with E-state index in [1.54, 1.807) is 7.11 Å². The van der Waals surface area contributed by atoms with Crippen molar-refractivity contribution in [3.05, 3.63) is 42.0 Å². The number of allylic oxidation sites excluding steroid dienone is 2. The van der Waals surface area contributed by atoms with Crippen LogP contribution in [0.15, 0.2) is 36.4 Å². The van der Waals surface area contributed by atoms with Gasteiger partial charge in [0.25, 0.3) is 0 Å². The van der Waals surface area contributed by atoms with Crippen molar-refractivity contribution in [3.8, 4) is 11.8 Å². The Kier molecular flexibility index (Phi) is 7.18. The van der Waals surface area contributed by atoms with Gasteiger partial charge in [0.15, 0.2) is 0 Å². The van der Waals surface area contributed by atoms with Gasteiger partial charge in [-0.1, -0.05) is 24.3 Å². The van der Waals surface area contributed by atoms with Crippen LogP contribution in [0.3, 0.4) is 0 Å². The fourth-order valence-electron chi connectivity index (χ4n) is 2.24. The van der Waals surface area contributed by atoms with E-state index >= 15 is 0 Å². The number of benzene rings is 1. The van der Waals surface area contributed by atoms with E-state index < -0.39 is 5.41 Å². The number of unbranched alkanes of at least 4 members (excludes halogenated alkanes) is 2. The fourth-order valence-corrected chi connectivity index (χ4v) is 2.24. The minimum absolute atomic E-state index is 0.264. The van der Waals surface area contributed by atoms with Gasteiger partial charge in [-0.25, -0.2) is 0 Å². The number of methoxy groups -OCH3 is 2. The van der Waals surface area contributed by atoms with E-state index in [0.717, 1.165) is 24.2 Å². The van der Waals surface area contributed by atoms with Gasteiger partial charge in [-0.05, 0) is 43.9 Å². The Balaban J connectivity index is 2.85. The van der Waals surface area contributed by atoms with Crippen molar-refractivity contribution in [3.63, 3.8) is 0 Å². The molecule has 0 aliphatic carbocycles. The lowest BCUT2D eigenvalue weighted by Crippen LogP contribution is -2.33. The van der Waals surface area contributed by atoms with Crippen LogP contribution in [0.25, 0.3) is 0 Å². The van der Waals surface area contributed by atoms with Gasteiger partial charge in [0, 0.05) is 6.42 Å². The summed E-state index contributed by atoms with van der Waals surface area (Å²) in [5, 5.41) is 8.50. The van der Waals surface area contributed by atoms with E-state index in [0.29, 0.717) is 12.8 Å². The Bertz CT molecular complexity index is 542. The molecule has 118 valence electrons. The zero-order valence-electron chi connectivity index (χ0n) is 13.5. The average molecular weight is 301 g/mol. The summed E-state index contributed by atoms with van der Waals surface area (Å²) >= 11 is 0. The third-order valence-electron chi connectivity index (χ3n) is 3.72. The highest BCUT2D eigenvalue weighted by Crippen LogP contribution is 2.31. The molecule has 0 bridgehead atoms. The lowest BCUT2D eigenvalue weighted by molar-refractivity contribution is -0.146. The monoisotopic (exact) mass is 301 g/mol. The Hall–Kier alpha value is -2.28. The molecule has 0 amide bonds. The second-order valence-electron chi connectivity index (χ2n) is 5.28. The Morgan fingerprint density at radius 3 is 2.50 bits per heavy atom. The quantitative estimate of drug-likeness (QED) is 0.416. The van der Waals surface area contributed by atoms with Crippen molar-refractivity contribution in [2.75, 3.05) is 14.2 Å². The maximum absolute atomic E-state index is 12.2. The van der Waals surface area contributed by atoms with E-state index in [4.69, 9.17) is 14.7 Å². The van der Waals surface area contributed by atoms with Gasteiger partial charge in [0.2, 0.25) is 0 Å². The lowest BCUT2D eigenvalue weighted by atomic mass is 9.79. The number of ether oxygens (including phenoxy) is 2. The minimum atomic E-state index is -0.729. The predicted molar refractivity (Wildman–Crippen MR) is 85.6 cm³/mol. The number of nitriles is 1. The first-order valence-electron chi connectivity index (χ1n) is 7.33. The molecule has 1 rings (SSSR count). The molecule has 0 aliphatic rings. The maximum atomic E-state index is 12.2. The SMILES string of the molecule is COC(=O)[C@](C)(C/C=C/CCCC#N)c1ccc(OC)cc1. The van der Waals surface area contributed by atoms with Crippen LogP contribution in [0.2, 0.25) is 0 Å². The van der Waals surface area contributed by atoms with Crippen LogP contribution < -0.4 is 4.74 Å². The molecule has 0 spiro atoms. The minimum Gasteiger partial charge on any atom is -0.497 e. The van der Waals surface area contributed by atoms with Crippen molar-refractivity contribution in [1.82, 2.24) is 0 Å². The number of rotatable bonds is 8. The molecular formula is C18H23NO3. The molecule has 1 atom stereocenters. The van der Waals surface area contributed by atoms with Crippen LogP contribution in [0.4, 0.5) is 0 Å². The number of hydrogen-bond donors (Lipinski definition) is 0. The standard InChI is InChI=1S/C18H23NO3/c1-18(17(20)22-3,13-7-5-4-6-8-14-19)15-9-11-16(21-2)12-10-15/h5,7,9-12H,4,6,8,13H2,1-3H3/b7-5+/t18-/m1/s1. The largest absolute Gasteiger partial charge is 0.497 e. The van der Waals surface area contributed by atoms with Gasteiger partial charge in [0.1, 0.15) is 5.75 Å². The van der Waals surface area contributed by atoms with Crippen molar-refractivity contribution in [2.45, 2.75) is 38.0 Å². The van der Waals surface area contributed by atoms with Crippen LogP contribution in [-0.4, -0.2) is 20.2 Å². The Morgan fingerprint density at radius 1 is 1.27 bits per heavy atom. The van der Waals surface area contributed by atoms with E-state index in [-0.39, 0.29) is 5.97 Å². The third kappa shape index (κ3) is 4.63. The maximum Gasteiger partial charge on any atom is 0.316 e. The number of nitrogens with zero attached hydrogens (tertiary/aromatic N) is 1. The van der Waals surface area contributed by atoms with Crippen LogP contribution in [-0.2, 0) is 14.9 Å². The Morgan fingerprint density at radius 2 is 1.95 bits per heavy atom. The molecule has 0 radical (unpaired) electrons. The van der Waals surface area contributed by atoms with E-state index in [1.807, 2.05) is 43.3 Å². The highest BCUT2D eigenvalue weighted by Gasteiger charge is 2.35. The van der Waals surface area contributed by atoms with E-state index in [1.165, 1.54) is 7.11 Å². The molecule has 0 unspecified atom stereocenters. The number of carbonyl (C=O) groups is 1. The average Bonchev–Trinajstić information content (AvgIpc) is 2.57. The number of carbonyl (C=O) groups excluding carboxylic acids is 1. The second kappa shape index (κ2) is 8.89. The van der Waals surface area contributed by atoms with Gasteiger partial charge in [-0.2, -0.15) is 5.26 Å². The van der Waals surface area contributed by atoms with Crippen LogP contribution in [0.5, 0.6) is 5.75 Å². The smallest absolute Gasteiger partial charge is 0.316 e. The summed E-state index contributed by atoms with van der Waals surface area (Å²) in [6.45, 7) is 1.88. The first-order valence-corrected chi connectivity index (χ1v) is 7.33. The fraction of sp³-hybridized carbons (Fsp3) is 0.444. The lowest BCUT2D eigenvalue weighted by Gasteiger charge is -2.26. The summed E-state index contributed by atoms with van der Waals surface area (Å²) in [4.78, 5) is 12.2. The molecule has 4 heteroatoms. The third-order valence-corrected chi connectivity index (χ3v) is 3.72. The number of hydrogen-bond acceptors (Lipinski definition) is 4. The number of esters is 1. The molecule has 22 heavy (non-hydrogen) atoms. The first-order chi connectivity index (χ1) is 10.6. The van der Waals surface area contributed by atoms with E-state index in [2.05, 4.69) is 6.07 Å². The van der Waals surface area contributed by atoms with E-state index in [9.17, 15) is 4.79 Å². The van der Waals surface area contributed by atoms with Gasteiger partial charge in [-0.15, -0.1) is 0 Å². The first kappa shape index (κ1) is 17.8. The van der Waals surface area contributed by atoms with Gasteiger partial charge in [0.05, 0.1) is 25.7 Å². The summed E-state index contributed by atoms with van der Waals surface area (Å²) < 4.78 is 10.1. The van der Waals surface area contributed by atoms with Crippen LogP contribution >= 0.6 is 0 Å². The normalized spacial score (nSPS) is 13.4. The summed E-state index contributed by atoms with van der Waals surface area (Å²) in [6, 6.07) is 9.58. The molecule has 0 aliphatic heterocycles. The second-order valence-corrected chi connectivity index (χ2v) is 5.28. The van der Waals surface area contributed by atoms with Crippen molar-refractivity contribution < 1.29 is 14.3 Å². The zero-order valence-corrected chi connectivity index (χ0v) is 13.5. The molecule has 0 fully saturated rings. The molecule has 0 aromatic heterocycles. The van der Waals surface area contributed by atoms with Crippen molar-refractivity contribution in [2.24, 2.45) is 0 Å². The molecule has 1 aromatic carbocycles. The van der Waals surface area contributed by atoms with Gasteiger partial charge in [-0.3, -0.25) is 4.79 Å². The van der Waals surface area contributed by atoms with Crippen molar-refractivity contribution >= 4 is 5.97 Å². The van der Waals surface area contributed by atoms with Crippen molar-refractivity contribution in [1.29, 1.82) is 5.26 Å². The molecule has 4 nitrogen and oxygen atoms in total. The molecular weight excluding hydrogens is 278 g/mol. The summed E-state index contributed by atoms with van der Waals surface area (Å²) in [5.74, 6) is 0.488. The van der Waals surface area contributed by atoms with Crippen LogP contribution in [0, 0.1) is 11.3 Å². The predicted octanol–water partition coefficient (Wildman–Crippen LogP) is 3.77. The summed E-state index contributed by atoms with van der Waals surface area (Å²) in [5.41, 5.74) is 0.161. The molecule has 0 saturated heterocycles. The van der Waals surface area contributed by atoms with Gasteiger partial charge >= 0.3 is 5.97 Å². The Labute approximate surface area is 132 Å². The van der Waals surface area contributed by atoms with Crippen LogP contribution in [0.1, 0.15) is 38.2 Å². The van der Waals surface area contributed by atoms with Gasteiger partial charge < -0.3 is 9.47 Å². The molecule has 0 heterocycles. The molecule has 0 N–H and O–H groups in total. The molecule has 0 saturated carbocycles.